The number of aliphatic hydroxyl groups excluding tert-OH is 6. The fraction of sp³-hybridized carbons (Fsp3) is 0.864. The molecule has 0 amide bonds. The first-order valence-electron chi connectivity index (χ1n) is 11.3. The molecule has 0 saturated carbocycles. The number of hydrogen-bond acceptors (Lipinski definition) is 10. The summed E-state index contributed by atoms with van der Waals surface area (Å²) in [5.74, 6) is -2.13. The van der Waals surface area contributed by atoms with E-state index in [9.17, 15) is 14.4 Å². The Bertz CT molecular complexity index is 429. The molecule has 0 aromatic heterocycles. The lowest BCUT2D eigenvalue weighted by molar-refractivity contribution is -0.138. The van der Waals surface area contributed by atoms with Gasteiger partial charge < -0.3 is 50.7 Å². The highest BCUT2D eigenvalue weighted by Gasteiger charge is 2.32. The Morgan fingerprint density at radius 1 is 0.514 bits per heavy atom. The number of carboxylic acids is 3. The number of hydrogen-bond donors (Lipinski definition) is 9. The van der Waals surface area contributed by atoms with E-state index >= 15 is 0 Å². The molecule has 0 radical (unpaired) electrons. The third-order valence-electron chi connectivity index (χ3n) is 4.22. The summed E-state index contributed by atoms with van der Waals surface area (Å²) < 4.78 is 5.15. The maximum Gasteiger partial charge on any atom is 0.303 e. The predicted molar refractivity (Wildman–Crippen MR) is 126 cm³/mol. The highest BCUT2D eigenvalue weighted by Crippen LogP contribution is 2.19. The van der Waals surface area contributed by atoms with Gasteiger partial charge in [0.1, 0.15) is 0 Å². The molecule has 0 unspecified atom stereocenters. The van der Waals surface area contributed by atoms with Gasteiger partial charge in [0.05, 0.1) is 63.7 Å². The summed E-state index contributed by atoms with van der Waals surface area (Å²) in [7, 11) is 0. The summed E-state index contributed by atoms with van der Waals surface area (Å²) in [5.41, 5.74) is -2.32. The van der Waals surface area contributed by atoms with E-state index in [-0.39, 0.29) is 13.2 Å². The van der Waals surface area contributed by atoms with Crippen LogP contribution in [-0.2, 0) is 19.1 Å². The fourth-order valence-corrected chi connectivity index (χ4v) is 1.70. The zero-order chi connectivity index (χ0) is 28.3. The lowest BCUT2D eigenvalue weighted by Gasteiger charge is -2.31. The van der Waals surface area contributed by atoms with Crippen molar-refractivity contribution in [1.29, 1.82) is 0 Å². The van der Waals surface area contributed by atoms with Crippen LogP contribution < -0.4 is 0 Å². The van der Waals surface area contributed by atoms with Crippen molar-refractivity contribution in [3.05, 3.63) is 0 Å². The lowest BCUT2D eigenvalue weighted by Crippen LogP contribution is -2.43. The smallest absolute Gasteiger partial charge is 0.303 e. The van der Waals surface area contributed by atoms with Gasteiger partial charge in [0.25, 0.3) is 0 Å². The van der Waals surface area contributed by atoms with Crippen LogP contribution in [0.1, 0.15) is 59.3 Å². The molecular weight excluding hydrogens is 472 g/mol. The number of ether oxygens (including phenoxy) is 1. The third-order valence-corrected chi connectivity index (χ3v) is 4.22. The lowest BCUT2D eigenvalue weighted by atomic mass is 9.91. The average Bonchev–Trinajstić information content (AvgIpc) is 2.81. The summed E-state index contributed by atoms with van der Waals surface area (Å²) in [5, 5.41) is 77.9. The van der Waals surface area contributed by atoms with Crippen LogP contribution in [0.3, 0.4) is 0 Å². The normalized spacial score (nSPS) is 10.5. The first-order valence-corrected chi connectivity index (χ1v) is 11.3. The van der Waals surface area contributed by atoms with Gasteiger partial charge in [0, 0.05) is 19.3 Å². The maximum atomic E-state index is 9.60. The first kappa shape index (κ1) is 40.3. The van der Waals surface area contributed by atoms with Crippen molar-refractivity contribution in [3.63, 3.8) is 0 Å². The Balaban J connectivity index is -0.000000218. The Kier molecular flexibility index (Phi) is 30.8. The van der Waals surface area contributed by atoms with Crippen LogP contribution in [0.15, 0.2) is 0 Å². The summed E-state index contributed by atoms with van der Waals surface area (Å²) in [6.07, 6.45) is 3.07. The third kappa shape index (κ3) is 26.6. The van der Waals surface area contributed by atoms with Crippen molar-refractivity contribution < 1.29 is 65.1 Å². The molecule has 0 aromatic carbocycles. The Hall–Kier alpha value is -1.87. The fourth-order valence-electron chi connectivity index (χ4n) is 1.70. The molecule has 212 valence electrons. The molecule has 13 heteroatoms. The molecule has 0 spiro atoms. The van der Waals surface area contributed by atoms with Crippen molar-refractivity contribution in [1.82, 2.24) is 0 Å². The second-order valence-electron chi connectivity index (χ2n) is 7.87. The van der Waals surface area contributed by atoms with Gasteiger partial charge in [0.15, 0.2) is 0 Å². The zero-order valence-electron chi connectivity index (χ0n) is 21.1. The van der Waals surface area contributed by atoms with Gasteiger partial charge >= 0.3 is 17.9 Å². The summed E-state index contributed by atoms with van der Waals surface area (Å²) in [6, 6.07) is 0. The molecule has 13 nitrogen and oxygen atoms in total. The van der Waals surface area contributed by atoms with Gasteiger partial charge in [-0.25, -0.2) is 0 Å². The van der Waals surface area contributed by atoms with Gasteiger partial charge in [-0.3, -0.25) is 14.4 Å². The molecule has 0 heterocycles. The quantitative estimate of drug-likeness (QED) is 0.126. The molecule has 35 heavy (non-hydrogen) atoms. The second-order valence-corrected chi connectivity index (χ2v) is 7.87. The van der Waals surface area contributed by atoms with Crippen LogP contribution in [0.25, 0.3) is 0 Å². The largest absolute Gasteiger partial charge is 0.481 e. The number of carboxylic acid groups (broad SMARTS) is 3. The van der Waals surface area contributed by atoms with E-state index in [0.29, 0.717) is 19.3 Å². The minimum atomic E-state index is -1.16. The van der Waals surface area contributed by atoms with E-state index in [1.54, 1.807) is 0 Å². The minimum absolute atomic E-state index is 0.141. The number of aliphatic hydroxyl groups is 6. The highest BCUT2D eigenvalue weighted by molar-refractivity contribution is 5.67. The molecule has 0 aliphatic carbocycles. The van der Waals surface area contributed by atoms with Crippen LogP contribution in [0.4, 0.5) is 0 Å². The van der Waals surface area contributed by atoms with Crippen molar-refractivity contribution in [2.24, 2.45) is 10.8 Å². The van der Waals surface area contributed by atoms with E-state index in [2.05, 4.69) is 0 Å². The molecule has 0 aliphatic rings. The molecule has 9 N–H and O–H groups in total. The Morgan fingerprint density at radius 2 is 0.714 bits per heavy atom. The SMILES string of the molecule is CCCC(=O)O.CCCC(=O)O.CCCC(=O)O.OCC(CO)(CO)COCC(CO)(CO)CO. The maximum absolute atomic E-state index is 9.60. The van der Waals surface area contributed by atoms with Crippen molar-refractivity contribution >= 4 is 17.9 Å². The molecule has 0 bridgehead atoms. The van der Waals surface area contributed by atoms with Crippen LogP contribution in [0.5, 0.6) is 0 Å². The predicted octanol–water partition coefficient (Wildman–Crippen LogP) is -0.457. The molecule has 0 aliphatic heterocycles. The average molecular weight is 519 g/mol. The van der Waals surface area contributed by atoms with Crippen LogP contribution >= 0.6 is 0 Å². The first-order chi connectivity index (χ1) is 16.4. The van der Waals surface area contributed by atoms with Gasteiger partial charge in [-0.15, -0.1) is 0 Å². The highest BCUT2D eigenvalue weighted by atomic mass is 16.5. The van der Waals surface area contributed by atoms with E-state index in [1.165, 1.54) is 0 Å². The summed E-state index contributed by atoms with van der Waals surface area (Å²) in [6.45, 7) is 2.52. The van der Waals surface area contributed by atoms with Crippen molar-refractivity contribution in [3.8, 4) is 0 Å². The molecule has 0 rings (SSSR count). The zero-order valence-corrected chi connectivity index (χ0v) is 21.1. The standard InChI is InChI=1S/C10H22O7.3C4H8O2/c11-1-9(2-12,3-13)7-17-8-10(4-14,5-15)6-16;3*1-2-3-4(5)6/h11-16H,1-8H2;3*2-3H2,1H3,(H,5,6). The number of carbonyl (C=O) groups is 3. The topological polar surface area (TPSA) is 243 Å². The van der Waals surface area contributed by atoms with E-state index in [1.807, 2.05) is 20.8 Å². The minimum Gasteiger partial charge on any atom is -0.481 e. The monoisotopic (exact) mass is 518 g/mol. The van der Waals surface area contributed by atoms with E-state index < -0.39 is 68.4 Å². The van der Waals surface area contributed by atoms with Gasteiger partial charge in [-0.2, -0.15) is 0 Å². The van der Waals surface area contributed by atoms with Gasteiger partial charge in [-0.05, 0) is 19.3 Å². The molecule has 0 atom stereocenters. The summed E-state index contributed by atoms with van der Waals surface area (Å²) >= 11 is 0. The van der Waals surface area contributed by atoms with E-state index in [4.69, 9.17) is 50.7 Å². The molecular formula is C22H46O13. The van der Waals surface area contributed by atoms with Crippen LogP contribution in [-0.4, -0.2) is 117 Å². The van der Waals surface area contributed by atoms with Gasteiger partial charge in [-0.1, -0.05) is 20.8 Å². The van der Waals surface area contributed by atoms with E-state index in [0.717, 1.165) is 19.3 Å². The van der Waals surface area contributed by atoms with Crippen molar-refractivity contribution in [2.45, 2.75) is 59.3 Å². The van der Waals surface area contributed by atoms with Gasteiger partial charge in [0.2, 0.25) is 0 Å². The second kappa shape index (κ2) is 26.7. The summed E-state index contributed by atoms with van der Waals surface area (Å²) in [4.78, 5) is 28.8. The molecule has 0 fully saturated rings. The molecule has 0 aromatic rings. The van der Waals surface area contributed by atoms with Crippen LogP contribution in [0.2, 0.25) is 0 Å². The number of rotatable bonds is 16. The Labute approximate surface area is 206 Å². The van der Waals surface area contributed by atoms with Crippen LogP contribution in [0, 0.1) is 10.8 Å². The van der Waals surface area contributed by atoms with Crippen molar-refractivity contribution in [2.75, 3.05) is 52.9 Å². The number of aliphatic carboxylic acids is 3. The Morgan fingerprint density at radius 3 is 0.800 bits per heavy atom. The molecule has 0 saturated heterocycles.